The number of pyridine rings is 1. The first-order valence-corrected chi connectivity index (χ1v) is 4.30. The molecule has 2 nitrogen and oxygen atoms in total. The fraction of sp³-hybridized carbons (Fsp3) is 0.500. The number of rotatable bonds is 4. The highest BCUT2D eigenvalue weighted by atomic mass is 15.1. The lowest BCUT2D eigenvalue weighted by Crippen LogP contribution is -2.33. The van der Waals surface area contributed by atoms with Crippen LogP contribution in [0.1, 0.15) is 7.79 Å². The van der Waals surface area contributed by atoms with E-state index in [1.165, 1.54) is 0 Å². The summed E-state index contributed by atoms with van der Waals surface area (Å²) in [6.45, 7) is 2.00. The van der Waals surface area contributed by atoms with Crippen LogP contribution >= 0.6 is 0 Å². The molecule has 0 unspecified atom stereocenters. The van der Waals surface area contributed by atoms with Crippen LogP contribution in [0.25, 0.3) is 0 Å². The van der Waals surface area contributed by atoms with Crippen molar-refractivity contribution in [3.8, 4) is 0 Å². The molecule has 1 rings (SSSR count). The molecule has 1 aromatic heterocycles. The molecule has 12 heavy (non-hydrogen) atoms. The van der Waals surface area contributed by atoms with Crippen molar-refractivity contribution in [2.75, 3.05) is 20.6 Å². The molecule has 0 saturated heterocycles. The molecule has 0 fully saturated rings. The van der Waals surface area contributed by atoms with E-state index in [9.17, 15) is 0 Å². The predicted octanol–water partition coefficient (Wildman–Crippen LogP) is 0.926. The van der Waals surface area contributed by atoms with Crippen LogP contribution in [0, 0.1) is 0 Å². The van der Waals surface area contributed by atoms with Gasteiger partial charge in [-0.05, 0) is 14.1 Å². The van der Waals surface area contributed by atoms with E-state index in [1.54, 1.807) is 0 Å². The first-order chi connectivity index (χ1) is 6.20. The molecule has 0 saturated carbocycles. The van der Waals surface area contributed by atoms with E-state index < -0.39 is 0 Å². The molecule has 0 bridgehead atoms. The number of hydrogen-bond donors (Lipinski definition) is 0. The Balaban J connectivity index is 2.41. The average Bonchev–Trinajstić information content (AvgIpc) is 2.08. The molecule has 66 valence electrons. The lowest BCUT2D eigenvalue weighted by molar-refractivity contribution is -0.697. The zero-order chi connectivity index (χ0) is 9.68. The largest absolute Gasteiger partial charge is 0.309 e. The van der Waals surface area contributed by atoms with E-state index in [0.29, 0.717) is 6.17 Å². The van der Waals surface area contributed by atoms with Crippen LogP contribution < -0.4 is 4.57 Å². The average molecular weight is 166 g/mol. The second-order valence-electron chi connectivity index (χ2n) is 3.18. The highest BCUT2D eigenvalue weighted by Gasteiger charge is 1.97. The summed E-state index contributed by atoms with van der Waals surface area (Å²) in [6, 6.07) is 5.67. The van der Waals surface area contributed by atoms with Crippen LogP contribution in [0.15, 0.2) is 30.6 Å². The van der Waals surface area contributed by atoms with Crippen LogP contribution in [0.3, 0.4) is 0 Å². The molecule has 0 aliphatic rings. The number of aromatic nitrogens is 1. The molecule has 0 N–H and O–H groups in total. The number of hydrogen-bond acceptors (Lipinski definition) is 1. The van der Waals surface area contributed by atoms with Crippen molar-refractivity contribution < 1.29 is 5.94 Å². The summed E-state index contributed by atoms with van der Waals surface area (Å²) < 4.78 is 9.57. The maximum absolute atomic E-state index is 7.61. The predicted molar refractivity (Wildman–Crippen MR) is 49.8 cm³/mol. The summed E-state index contributed by atoms with van der Waals surface area (Å²) in [6.07, 6.45) is 3.63. The first-order valence-electron chi connectivity index (χ1n) is 4.80. The fourth-order valence-electron chi connectivity index (χ4n) is 1.09. The van der Waals surface area contributed by atoms with Gasteiger partial charge in [0.15, 0.2) is 12.4 Å². The van der Waals surface area contributed by atoms with E-state index in [2.05, 4.69) is 19.0 Å². The van der Waals surface area contributed by atoms with Gasteiger partial charge in [0.1, 0.15) is 7.92 Å². The summed E-state index contributed by atoms with van der Waals surface area (Å²) in [7, 11) is 4.13. The maximum atomic E-state index is 7.61. The molecule has 0 aromatic carbocycles. The highest BCUT2D eigenvalue weighted by Crippen LogP contribution is 1.84. The normalized spacial score (nSPS) is 11.8. The number of nitrogens with zero attached hydrogens (tertiary/aromatic N) is 2. The summed E-state index contributed by atoms with van der Waals surface area (Å²) in [5.74, 6) is 0. The third-order valence-corrected chi connectivity index (χ3v) is 1.72. The molecule has 0 radical (unpaired) electrons. The molecule has 2 heteroatoms. The lowest BCUT2D eigenvalue weighted by atomic mass is 10.4. The minimum Gasteiger partial charge on any atom is -0.309 e. The summed E-state index contributed by atoms with van der Waals surface area (Å²) in [5.41, 5.74) is 0. The van der Waals surface area contributed by atoms with Crippen LogP contribution in [-0.2, 0) is 6.54 Å². The smallest absolute Gasteiger partial charge is 0.168 e. The van der Waals surface area contributed by atoms with Gasteiger partial charge in [0.2, 0.25) is 0 Å². The minimum absolute atomic E-state index is 0.584. The fourth-order valence-corrected chi connectivity index (χ4v) is 1.09. The van der Waals surface area contributed by atoms with Crippen molar-refractivity contribution in [2.45, 2.75) is 13.0 Å². The monoisotopic (exact) mass is 166 g/mol. The van der Waals surface area contributed by atoms with Gasteiger partial charge >= 0.3 is 0 Å². The Hall–Kier alpha value is -0.890. The van der Waals surface area contributed by atoms with E-state index in [4.69, 9.17) is 1.37 Å². The van der Waals surface area contributed by atoms with Gasteiger partial charge in [-0.3, -0.25) is 0 Å². The van der Waals surface area contributed by atoms with Gasteiger partial charge < -0.3 is 4.90 Å². The highest BCUT2D eigenvalue weighted by molar-refractivity contribution is 4.83. The third-order valence-electron chi connectivity index (χ3n) is 1.72. The second kappa shape index (κ2) is 4.88. The maximum Gasteiger partial charge on any atom is 0.168 e. The van der Waals surface area contributed by atoms with Gasteiger partial charge in [0.25, 0.3) is 0 Å². The SMILES string of the molecule is [2H]c1cccc[n+]1CCCN(C)C. The Bertz CT molecular complexity index is 261. The summed E-state index contributed by atoms with van der Waals surface area (Å²) >= 11 is 0. The van der Waals surface area contributed by atoms with Crippen molar-refractivity contribution in [3.63, 3.8) is 0 Å². The van der Waals surface area contributed by atoms with Gasteiger partial charge in [-0.2, -0.15) is 0 Å². The molecule has 0 aliphatic heterocycles. The second-order valence-corrected chi connectivity index (χ2v) is 3.18. The van der Waals surface area contributed by atoms with Crippen molar-refractivity contribution in [2.24, 2.45) is 0 Å². The molecule has 0 atom stereocenters. The van der Waals surface area contributed by atoms with Crippen molar-refractivity contribution in [3.05, 3.63) is 30.6 Å². The van der Waals surface area contributed by atoms with E-state index in [0.717, 1.165) is 19.5 Å². The van der Waals surface area contributed by atoms with Gasteiger partial charge in [-0.15, -0.1) is 0 Å². The van der Waals surface area contributed by atoms with E-state index >= 15 is 0 Å². The third kappa shape index (κ3) is 3.49. The zero-order valence-corrected chi connectivity index (χ0v) is 7.83. The van der Waals surface area contributed by atoms with E-state index in [-0.39, 0.29) is 0 Å². The molecule has 1 heterocycles. The Kier molecular flexibility index (Phi) is 3.15. The van der Waals surface area contributed by atoms with Crippen molar-refractivity contribution in [1.82, 2.24) is 4.90 Å². The molecule has 0 aliphatic carbocycles. The van der Waals surface area contributed by atoms with Crippen LogP contribution in [0.5, 0.6) is 0 Å². The molecule has 0 amide bonds. The molecular weight excluding hydrogens is 148 g/mol. The van der Waals surface area contributed by atoms with Crippen LogP contribution in [0.2, 0.25) is 0 Å². The Morgan fingerprint density at radius 1 is 1.33 bits per heavy atom. The number of aryl methyl sites for hydroxylation is 1. The Morgan fingerprint density at radius 2 is 2.17 bits per heavy atom. The summed E-state index contributed by atoms with van der Waals surface area (Å²) in [5, 5.41) is 0. The van der Waals surface area contributed by atoms with Crippen molar-refractivity contribution >= 4 is 0 Å². The van der Waals surface area contributed by atoms with Crippen molar-refractivity contribution in [1.29, 1.82) is 0 Å². The van der Waals surface area contributed by atoms with Gasteiger partial charge in [-0.25, -0.2) is 4.57 Å². The lowest BCUT2D eigenvalue weighted by Gasteiger charge is -2.06. The molecule has 1 aromatic rings. The topological polar surface area (TPSA) is 7.12 Å². The Labute approximate surface area is 75.9 Å². The first kappa shape index (κ1) is 7.74. The van der Waals surface area contributed by atoms with Gasteiger partial charge in [0, 0.05) is 25.1 Å². The molecule has 0 spiro atoms. The van der Waals surface area contributed by atoms with Gasteiger partial charge in [-0.1, -0.05) is 6.07 Å². The van der Waals surface area contributed by atoms with Crippen LogP contribution in [-0.4, -0.2) is 25.5 Å². The minimum atomic E-state index is 0.584. The van der Waals surface area contributed by atoms with E-state index in [1.807, 2.05) is 29.0 Å². The quantitative estimate of drug-likeness (QED) is 0.603. The standard InChI is InChI=1S/C10H17N2/c1-11(2)7-6-10-12-8-4-3-5-9-12/h3-5,8-9H,6-7,10H2,1-2H3/q+1/i8D. The molecular formula is C10H17N2+. The summed E-state index contributed by atoms with van der Waals surface area (Å²) in [4.78, 5) is 2.16. The van der Waals surface area contributed by atoms with Crippen LogP contribution in [0.4, 0.5) is 0 Å². The zero-order valence-electron chi connectivity index (χ0n) is 8.83. The Morgan fingerprint density at radius 3 is 2.83 bits per heavy atom. The van der Waals surface area contributed by atoms with Gasteiger partial charge in [0.05, 0.1) is 0 Å².